The number of rotatable bonds is 9. The maximum absolute atomic E-state index is 9.27. The van der Waals surface area contributed by atoms with Crippen molar-refractivity contribution in [3.63, 3.8) is 0 Å². The van der Waals surface area contributed by atoms with E-state index in [1.54, 1.807) is 6.20 Å². The van der Waals surface area contributed by atoms with Gasteiger partial charge in [0.05, 0.1) is 11.6 Å². The van der Waals surface area contributed by atoms with Gasteiger partial charge in [-0.3, -0.25) is 9.29 Å². The molecule has 0 bridgehead atoms. The third kappa shape index (κ3) is 5.67. The smallest absolute Gasteiger partial charge is 0.0991 e. The summed E-state index contributed by atoms with van der Waals surface area (Å²) >= 11 is 0. The van der Waals surface area contributed by atoms with Gasteiger partial charge in [-0.25, -0.2) is 0 Å². The van der Waals surface area contributed by atoms with Crippen molar-refractivity contribution in [3.8, 4) is 6.07 Å². The summed E-state index contributed by atoms with van der Waals surface area (Å²) in [7, 11) is -1.53. The van der Waals surface area contributed by atoms with E-state index in [9.17, 15) is 5.26 Å². The Kier molecular flexibility index (Phi) is 7.61. The Morgan fingerprint density at radius 2 is 2.11 bits per heavy atom. The van der Waals surface area contributed by atoms with E-state index in [4.69, 9.17) is 5.73 Å². The standard InChI is InChI=1S/C22H30N4S/c1-5-22(14-20-7-6-11-25-16-20)26(27(3,4)12-10-23)17-21-13-19(15-24)9-8-18(21)2/h6-9,11,13,16,22H,3-5,10,12,14,17,23H2,1-2H3/t22-/m0/s1. The zero-order chi connectivity index (χ0) is 19.9. The maximum atomic E-state index is 9.27. The minimum atomic E-state index is -1.53. The number of nitrogens with two attached hydrogens (primary N) is 1. The molecule has 0 aliphatic carbocycles. The number of nitriles is 1. The van der Waals surface area contributed by atoms with E-state index in [1.807, 2.05) is 30.5 Å². The Bertz CT molecular complexity index is 882. The van der Waals surface area contributed by atoms with Crippen molar-refractivity contribution in [2.75, 3.05) is 12.3 Å². The molecule has 27 heavy (non-hydrogen) atoms. The number of benzene rings is 1. The van der Waals surface area contributed by atoms with Crippen LogP contribution < -0.4 is 5.73 Å². The van der Waals surface area contributed by atoms with E-state index < -0.39 is 9.39 Å². The third-order valence-electron chi connectivity index (χ3n) is 4.87. The summed E-state index contributed by atoms with van der Waals surface area (Å²) < 4.78 is 2.43. The fraction of sp³-hybridized carbons (Fsp3) is 0.364. The van der Waals surface area contributed by atoms with Crippen LogP contribution in [0.25, 0.3) is 0 Å². The van der Waals surface area contributed by atoms with E-state index >= 15 is 0 Å². The molecule has 5 heteroatoms. The minimum absolute atomic E-state index is 0.288. The van der Waals surface area contributed by atoms with Crippen LogP contribution in [0.1, 0.15) is 35.6 Å². The molecule has 0 unspecified atom stereocenters. The van der Waals surface area contributed by atoms with E-state index in [-0.39, 0.29) is 6.04 Å². The molecule has 0 amide bonds. The SMILES string of the molecule is C=S(=C)(CCN)N(Cc1cc(C#N)ccc1C)[C@@H](CC)Cc1cccnc1. The molecule has 0 aliphatic rings. The highest BCUT2D eigenvalue weighted by Gasteiger charge is 2.22. The lowest BCUT2D eigenvalue weighted by Gasteiger charge is -2.38. The molecule has 4 nitrogen and oxygen atoms in total. The van der Waals surface area contributed by atoms with Gasteiger partial charge in [-0.1, -0.05) is 30.8 Å². The molecule has 0 spiro atoms. The predicted molar refractivity (Wildman–Crippen MR) is 119 cm³/mol. The first-order chi connectivity index (χ1) is 12.9. The quantitative estimate of drug-likeness (QED) is 0.673. The molecule has 1 heterocycles. The summed E-state index contributed by atoms with van der Waals surface area (Å²) in [4.78, 5) is 4.25. The molecule has 2 aromatic rings. The van der Waals surface area contributed by atoms with Crippen LogP contribution in [0.2, 0.25) is 0 Å². The first-order valence-corrected chi connectivity index (χ1v) is 11.3. The van der Waals surface area contributed by atoms with Crippen molar-refractivity contribution in [2.45, 2.75) is 39.3 Å². The average molecular weight is 383 g/mol. The summed E-state index contributed by atoms with van der Waals surface area (Å²) in [6, 6.07) is 12.5. The molecule has 0 aliphatic heterocycles. The van der Waals surface area contributed by atoms with Gasteiger partial charge in [-0.05, 0) is 54.7 Å². The van der Waals surface area contributed by atoms with Crippen molar-refractivity contribution in [3.05, 3.63) is 65.0 Å². The molecule has 0 radical (unpaired) electrons. The number of aromatic nitrogens is 1. The monoisotopic (exact) mass is 382 g/mol. The van der Waals surface area contributed by atoms with Gasteiger partial charge in [0, 0.05) is 37.3 Å². The molecule has 1 aromatic carbocycles. The Labute approximate surface area is 164 Å². The summed E-state index contributed by atoms with van der Waals surface area (Å²) in [6.07, 6.45) is 5.60. The number of hydrogen-bond acceptors (Lipinski definition) is 4. The Morgan fingerprint density at radius 1 is 1.33 bits per heavy atom. The highest BCUT2D eigenvalue weighted by atomic mass is 32.2. The number of nitrogens with zero attached hydrogens (tertiary/aromatic N) is 3. The number of hydrogen-bond donors (Lipinski definition) is 1. The Morgan fingerprint density at radius 3 is 2.70 bits per heavy atom. The second-order valence-electron chi connectivity index (χ2n) is 6.95. The highest BCUT2D eigenvalue weighted by Crippen LogP contribution is 2.33. The molecule has 1 atom stereocenters. The molecular formula is C22H30N4S. The van der Waals surface area contributed by atoms with Crippen molar-refractivity contribution >= 4 is 21.1 Å². The van der Waals surface area contributed by atoms with Crippen LogP contribution in [0.3, 0.4) is 0 Å². The zero-order valence-corrected chi connectivity index (χ0v) is 17.2. The number of pyridine rings is 1. The van der Waals surface area contributed by atoms with Gasteiger partial charge in [-0.2, -0.15) is 14.7 Å². The molecule has 2 N–H and O–H groups in total. The van der Waals surface area contributed by atoms with E-state index in [2.05, 4.69) is 47.0 Å². The van der Waals surface area contributed by atoms with Crippen LogP contribution in [0.5, 0.6) is 0 Å². The predicted octanol–water partition coefficient (Wildman–Crippen LogP) is 3.63. The van der Waals surface area contributed by atoms with Crippen LogP contribution in [0.4, 0.5) is 0 Å². The van der Waals surface area contributed by atoms with Crippen LogP contribution in [-0.4, -0.2) is 39.4 Å². The summed E-state index contributed by atoms with van der Waals surface area (Å²) in [5, 5.41) is 9.27. The van der Waals surface area contributed by atoms with Gasteiger partial charge < -0.3 is 5.73 Å². The van der Waals surface area contributed by atoms with Crippen LogP contribution in [0.15, 0.2) is 42.7 Å². The Hall–Kier alpha value is -2.13. The highest BCUT2D eigenvalue weighted by molar-refractivity contribution is 8.25. The van der Waals surface area contributed by atoms with Crippen molar-refractivity contribution in [1.82, 2.24) is 9.29 Å². The average Bonchev–Trinajstić information content (AvgIpc) is 2.66. The van der Waals surface area contributed by atoms with Crippen molar-refractivity contribution in [1.29, 1.82) is 5.26 Å². The normalized spacial score (nSPS) is 12.7. The lowest BCUT2D eigenvalue weighted by molar-refractivity contribution is 0.331. The lowest BCUT2D eigenvalue weighted by Crippen LogP contribution is -2.35. The molecular weight excluding hydrogens is 352 g/mol. The molecule has 1 aromatic heterocycles. The van der Waals surface area contributed by atoms with Gasteiger partial charge in [0.2, 0.25) is 0 Å². The fourth-order valence-corrected chi connectivity index (χ4v) is 5.18. The van der Waals surface area contributed by atoms with E-state index in [0.29, 0.717) is 12.1 Å². The summed E-state index contributed by atoms with van der Waals surface area (Å²) in [5.41, 5.74) is 10.1. The van der Waals surface area contributed by atoms with Gasteiger partial charge in [0.25, 0.3) is 0 Å². The van der Waals surface area contributed by atoms with Gasteiger partial charge in [0.1, 0.15) is 0 Å². The van der Waals surface area contributed by atoms with Gasteiger partial charge in [0.15, 0.2) is 0 Å². The van der Waals surface area contributed by atoms with E-state index in [1.165, 1.54) is 11.1 Å². The fourth-order valence-electron chi connectivity index (χ4n) is 3.24. The second kappa shape index (κ2) is 9.70. The second-order valence-corrected chi connectivity index (χ2v) is 9.82. The van der Waals surface area contributed by atoms with Crippen LogP contribution >= 0.6 is 9.39 Å². The summed E-state index contributed by atoms with van der Waals surface area (Å²) in [6.45, 7) is 5.58. The molecule has 0 saturated heterocycles. The first-order valence-electron chi connectivity index (χ1n) is 9.23. The largest absolute Gasteiger partial charge is 0.330 e. The first kappa shape index (κ1) is 21.2. The van der Waals surface area contributed by atoms with E-state index in [0.717, 1.165) is 30.7 Å². The van der Waals surface area contributed by atoms with Gasteiger partial charge in [-0.15, -0.1) is 0 Å². The lowest BCUT2D eigenvalue weighted by atomic mass is 10.0. The van der Waals surface area contributed by atoms with Crippen molar-refractivity contribution in [2.24, 2.45) is 5.73 Å². The van der Waals surface area contributed by atoms with Crippen LogP contribution in [-0.2, 0) is 13.0 Å². The molecule has 0 saturated carbocycles. The zero-order valence-electron chi connectivity index (χ0n) is 16.4. The van der Waals surface area contributed by atoms with Crippen LogP contribution in [0, 0.1) is 18.3 Å². The molecule has 144 valence electrons. The number of aryl methyl sites for hydroxylation is 1. The minimum Gasteiger partial charge on any atom is -0.330 e. The Balaban J connectivity index is 2.40. The molecule has 0 fully saturated rings. The summed E-state index contributed by atoms with van der Waals surface area (Å²) in [5.74, 6) is 9.74. The maximum Gasteiger partial charge on any atom is 0.0991 e. The van der Waals surface area contributed by atoms with Gasteiger partial charge >= 0.3 is 0 Å². The third-order valence-corrected chi connectivity index (χ3v) is 7.29. The van der Waals surface area contributed by atoms with Crippen molar-refractivity contribution < 1.29 is 0 Å². The molecule has 2 rings (SSSR count). The topological polar surface area (TPSA) is 65.9 Å².